The summed E-state index contributed by atoms with van der Waals surface area (Å²) in [5, 5.41) is 0. The molecule has 112 valence electrons. The second kappa shape index (κ2) is 4.41. The van der Waals surface area contributed by atoms with E-state index in [9.17, 15) is 21.6 Å². The SMILES string of the molecule is O=S(=O)(c1c[nH]c(C(F)(F)F)c1)N1CCSC12CCC2. The van der Waals surface area contributed by atoms with E-state index in [1.54, 1.807) is 11.8 Å². The highest BCUT2D eigenvalue weighted by Crippen LogP contribution is 2.52. The fourth-order valence-electron chi connectivity index (χ4n) is 2.62. The molecule has 2 aliphatic rings. The van der Waals surface area contributed by atoms with E-state index in [4.69, 9.17) is 0 Å². The van der Waals surface area contributed by atoms with Gasteiger partial charge in [-0.2, -0.15) is 17.5 Å². The van der Waals surface area contributed by atoms with Crippen LogP contribution in [0.2, 0.25) is 0 Å². The van der Waals surface area contributed by atoms with Crippen LogP contribution in [0.4, 0.5) is 13.2 Å². The summed E-state index contributed by atoms with van der Waals surface area (Å²) in [5.41, 5.74) is -1.04. The molecule has 1 saturated heterocycles. The third-order valence-corrected chi connectivity index (χ3v) is 7.42. The topological polar surface area (TPSA) is 53.2 Å². The normalized spacial score (nSPS) is 23.1. The van der Waals surface area contributed by atoms with Crippen molar-refractivity contribution in [3.63, 3.8) is 0 Å². The molecule has 9 heteroatoms. The summed E-state index contributed by atoms with van der Waals surface area (Å²) in [7, 11) is -3.87. The highest BCUT2D eigenvalue weighted by atomic mass is 32.2. The van der Waals surface area contributed by atoms with E-state index in [-0.39, 0.29) is 4.90 Å². The van der Waals surface area contributed by atoms with Gasteiger partial charge < -0.3 is 4.98 Å². The zero-order chi connectivity index (χ0) is 14.6. The van der Waals surface area contributed by atoms with E-state index < -0.39 is 26.8 Å². The summed E-state index contributed by atoms with van der Waals surface area (Å²) >= 11 is 1.59. The zero-order valence-electron chi connectivity index (χ0n) is 10.4. The van der Waals surface area contributed by atoms with Gasteiger partial charge in [-0.15, -0.1) is 11.8 Å². The van der Waals surface area contributed by atoms with Crippen LogP contribution in [0.3, 0.4) is 0 Å². The van der Waals surface area contributed by atoms with Gasteiger partial charge in [-0.05, 0) is 25.3 Å². The second-order valence-electron chi connectivity index (χ2n) is 4.97. The van der Waals surface area contributed by atoms with Crippen molar-refractivity contribution in [2.24, 2.45) is 0 Å². The minimum atomic E-state index is -4.57. The van der Waals surface area contributed by atoms with Gasteiger partial charge in [0.2, 0.25) is 10.0 Å². The highest BCUT2D eigenvalue weighted by molar-refractivity contribution is 8.02. The molecule has 0 unspecified atom stereocenters. The van der Waals surface area contributed by atoms with Gasteiger partial charge in [-0.1, -0.05) is 0 Å². The first-order chi connectivity index (χ1) is 9.26. The number of thioether (sulfide) groups is 1. The van der Waals surface area contributed by atoms with Crippen molar-refractivity contribution in [1.29, 1.82) is 0 Å². The number of halogens is 3. The summed E-state index contributed by atoms with van der Waals surface area (Å²) < 4.78 is 64.0. The Balaban J connectivity index is 1.94. The molecule has 1 aromatic heterocycles. The predicted molar refractivity (Wildman–Crippen MR) is 68.7 cm³/mol. The number of rotatable bonds is 2. The summed E-state index contributed by atoms with van der Waals surface area (Å²) in [6.45, 7) is 0.361. The second-order valence-corrected chi connectivity index (χ2v) is 8.29. The van der Waals surface area contributed by atoms with Gasteiger partial charge in [0.1, 0.15) is 10.6 Å². The number of sulfonamides is 1. The first-order valence-electron chi connectivity index (χ1n) is 6.18. The number of hydrogen-bond acceptors (Lipinski definition) is 3. The minimum absolute atomic E-state index is 0.307. The largest absolute Gasteiger partial charge is 0.431 e. The van der Waals surface area contributed by atoms with Gasteiger partial charge in [0.15, 0.2) is 0 Å². The Labute approximate surface area is 118 Å². The van der Waals surface area contributed by atoms with Crippen LogP contribution in [0, 0.1) is 0 Å². The maximum Gasteiger partial charge on any atom is 0.431 e. The van der Waals surface area contributed by atoms with Crippen molar-refractivity contribution < 1.29 is 21.6 Å². The Morgan fingerprint density at radius 3 is 2.55 bits per heavy atom. The van der Waals surface area contributed by atoms with Gasteiger partial charge >= 0.3 is 6.18 Å². The van der Waals surface area contributed by atoms with Crippen molar-refractivity contribution >= 4 is 21.8 Å². The molecule has 1 aliphatic carbocycles. The lowest BCUT2D eigenvalue weighted by Crippen LogP contribution is -2.50. The molecule has 3 rings (SSSR count). The van der Waals surface area contributed by atoms with Gasteiger partial charge in [-0.25, -0.2) is 8.42 Å². The van der Waals surface area contributed by atoms with Crippen LogP contribution in [0.1, 0.15) is 25.0 Å². The minimum Gasteiger partial charge on any atom is -0.356 e. The molecule has 2 heterocycles. The van der Waals surface area contributed by atoms with Crippen LogP contribution < -0.4 is 0 Å². The van der Waals surface area contributed by atoms with Crippen LogP contribution >= 0.6 is 11.8 Å². The van der Waals surface area contributed by atoms with Crippen molar-refractivity contribution in [3.05, 3.63) is 18.0 Å². The summed E-state index contributed by atoms with van der Waals surface area (Å²) in [6.07, 6.45) is -1.14. The van der Waals surface area contributed by atoms with Gasteiger partial charge in [0.05, 0.1) is 4.87 Å². The molecule has 1 aromatic rings. The van der Waals surface area contributed by atoms with Crippen molar-refractivity contribution in [2.75, 3.05) is 12.3 Å². The average Bonchev–Trinajstić information content (AvgIpc) is 2.95. The monoisotopic (exact) mass is 326 g/mol. The van der Waals surface area contributed by atoms with E-state index >= 15 is 0 Å². The zero-order valence-corrected chi connectivity index (χ0v) is 12.0. The van der Waals surface area contributed by atoms with E-state index in [0.29, 0.717) is 18.4 Å². The van der Waals surface area contributed by atoms with Crippen LogP contribution in [0.5, 0.6) is 0 Å². The number of H-pyrrole nitrogens is 1. The molecule has 1 N–H and O–H groups in total. The number of aromatic amines is 1. The molecule has 0 atom stereocenters. The van der Waals surface area contributed by atoms with E-state index in [1.807, 2.05) is 4.98 Å². The predicted octanol–water partition coefficient (Wildman–Crippen LogP) is 2.65. The first kappa shape index (κ1) is 14.3. The number of aromatic nitrogens is 1. The Kier molecular flexibility index (Phi) is 3.15. The van der Waals surface area contributed by atoms with Gasteiger partial charge in [-0.3, -0.25) is 0 Å². The lowest BCUT2D eigenvalue weighted by atomic mass is 9.92. The third kappa shape index (κ3) is 2.06. The molecule has 0 amide bonds. The highest BCUT2D eigenvalue weighted by Gasteiger charge is 2.52. The van der Waals surface area contributed by atoms with Crippen molar-refractivity contribution in [3.8, 4) is 0 Å². The summed E-state index contributed by atoms with van der Waals surface area (Å²) in [5.74, 6) is 0.690. The van der Waals surface area contributed by atoms with Crippen LogP contribution in [-0.2, 0) is 16.2 Å². The molecule has 1 aliphatic heterocycles. The Morgan fingerprint density at radius 2 is 2.05 bits per heavy atom. The van der Waals surface area contributed by atoms with Gasteiger partial charge in [0, 0.05) is 18.5 Å². The quantitative estimate of drug-likeness (QED) is 0.909. The van der Waals surface area contributed by atoms with E-state index in [0.717, 1.165) is 25.5 Å². The molecular weight excluding hydrogens is 313 g/mol. The van der Waals surface area contributed by atoms with Gasteiger partial charge in [0.25, 0.3) is 0 Å². The summed E-state index contributed by atoms with van der Waals surface area (Å²) in [4.78, 5) is 1.27. The lowest BCUT2D eigenvalue weighted by molar-refractivity contribution is -0.140. The first-order valence-corrected chi connectivity index (χ1v) is 8.61. The van der Waals surface area contributed by atoms with Crippen molar-refractivity contribution in [1.82, 2.24) is 9.29 Å². The molecule has 0 aromatic carbocycles. The molecule has 0 radical (unpaired) electrons. The number of alkyl halides is 3. The standard InChI is InChI=1S/C11H13F3N2O2S2/c12-11(13,14)9-6-8(7-15-9)20(17,18)16-4-5-19-10(16)2-1-3-10/h6-7,15H,1-5H2. The molecule has 0 bridgehead atoms. The average molecular weight is 326 g/mol. The van der Waals surface area contributed by atoms with Crippen molar-refractivity contribution in [2.45, 2.75) is 35.2 Å². The number of nitrogens with zero attached hydrogens (tertiary/aromatic N) is 1. The Morgan fingerprint density at radius 1 is 1.35 bits per heavy atom. The van der Waals surface area contributed by atoms with E-state index in [1.165, 1.54) is 4.31 Å². The molecule has 20 heavy (non-hydrogen) atoms. The number of nitrogens with one attached hydrogen (secondary N) is 1. The smallest absolute Gasteiger partial charge is 0.356 e. The fourth-order valence-corrected chi connectivity index (χ4v) is 6.34. The van der Waals surface area contributed by atoms with Crippen LogP contribution in [-0.4, -0.2) is 34.9 Å². The fraction of sp³-hybridized carbons (Fsp3) is 0.636. The molecule has 4 nitrogen and oxygen atoms in total. The summed E-state index contributed by atoms with van der Waals surface area (Å²) in [6, 6.07) is 0.671. The molecule has 2 fully saturated rings. The third-order valence-electron chi connectivity index (χ3n) is 3.80. The maximum absolute atomic E-state index is 12.6. The van der Waals surface area contributed by atoms with Crippen LogP contribution in [0.15, 0.2) is 17.2 Å². The van der Waals surface area contributed by atoms with E-state index in [2.05, 4.69) is 0 Å². The Bertz CT molecular complexity index is 620. The molecule has 1 saturated carbocycles. The molecule has 1 spiro atoms. The number of hydrogen-bond donors (Lipinski definition) is 1. The molecular formula is C11H13F3N2O2S2. The lowest BCUT2D eigenvalue weighted by Gasteiger charge is -2.43. The maximum atomic E-state index is 12.6. The Hall–Kier alpha value is -0.670. The van der Waals surface area contributed by atoms with Crippen LogP contribution in [0.25, 0.3) is 0 Å².